The van der Waals surface area contributed by atoms with Gasteiger partial charge in [-0.25, -0.2) is 0 Å². The van der Waals surface area contributed by atoms with E-state index in [2.05, 4.69) is 15.9 Å². The Morgan fingerprint density at radius 3 is 2.52 bits per heavy atom. The lowest BCUT2D eigenvalue weighted by Crippen LogP contribution is -2.27. The fraction of sp³-hybridized carbons (Fsp3) is 0.222. The normalized spacial score (nSPS) is 17.3. The maximum absolute atomic E-state index is 12.2. The number of ether oxygens (including phenoxy) is 1. The molecule has 0 aromatic heterocycles. The highest BCUT2D eigenvalue weighted by Gasteiger charge is 2.35. The van der Waals surface area contributed by atoms with Crippen molar-refractivity contribution in [2.75, 3.05) is 6.54 Å². The van der Waals surface area contributed by atoms with Crippen LogP contribution in [0.1, 0.15) is 12.0 Å². The molecule has 1 atom stereocenters. The number of esters is 1. The van der Waals surface area contributed by atoms with Crippen LogP contribution in [-0.2, 0) is 16.1 Å². The van der Waals surface area contributed by atoms with Crippen LogP contribution < -0.4 is 4.74 Å². The van der Waals surface area contributed by atoms with E-state index in [0.717, 1.165) is 10.0 Å². The lowest BCUT2D eigenvalue weighted by Gasteiger charge is -2.16. The number of rotatable bonds is 4. The van der Waals surface area contributed by atoms with E-state index in [1.807, 2.05) is 42.5 Å². The van der Waals surface area contributed by atoms with E-state index in [0.29, 0.717) is 18.8 Å². The van der Waals surface area contributed by atoms with Gasteiger partial charge in [0.05, 0.1) is 5.92 Å². The minimum absolute atomic E-state index is 0.00777. The van der Waals surface area contributed by atoms with Gasteiger partial charge < -0.3 is 9.64 Å². The van der Waals surface area contributed by atoms with Crippen molar-refractivity contribution < 1.29 is 14.3 Å². The Kier molecular flexibility index (Phi) is 4.76. The predicted molar refractivity (Wildman–Crippen MR) is 89.7 cm³/mol. The molecule has 1 saturated heterocycles. The molecule has 1 amide bonds. The number of likely N-dealkylation sites (tertiary alicyclic amines) is 1. The van der Waals surface area contributed by atoms with E-state index in [1.54, 1.807) is 17.0 Å². The molecule has 0 radical (unpaired) electrons. The van der Waals surface area contributed by atoms with Gasteiger partial charge in [0.15, 0.2) is 0 Å². The quantitative estimate of drug-likeness (QED) is 0.609. The first kappa shape index (κ1) is 15.7. The molecular weight excluding hydrogens is 358 g/mol. The van der Waals surface area contributed by atoms with Crippen molar-refractivity contribution >= 4 is 27.8 Å². The van der Waals surface area contributed by atoms with Crippen LogP contribution in [0.4, 0.5) is 0 Å². The van der Waals surface area contributed by atoms with E-state index < -0.39 is 5.92 Å². The third kappa shape index (κ3) is 3.99. The molecule has 1 fully saturated rings. The second kappa shape index (κ2) is 6.96. The second-order valence-corrected chi connectivity index (χ2v) is 6.45. The molecule has 0 unspecified atom stereocenters. The molecule has 1 aliphatic heterocycles. The maximum atomic E-state index is 12.2. The van der Waals surface area contributed by atoms with Crippen molar-refractivity contribution in [3.63, 3.8) is 0 Å². The monoisotopic (exact) mass is 373 g/mol. The largest absolute Gasteiger partial charge is 0.426 e. The molecule has 3 rings (SSSR count). The Balaban J connectivity index is 1.60. The van der Waals surface area contributed by atoms with E-state index in [1.165, 1.54) is 0 Å². The van der Waals surface area contributed by atoms with E-state index in [-0.39, 0.29) is 18.3 Å². The van der Waals surface area contributed by atoms with Gasteiger partial charge in [-0.2, -0.15) is 0 Å². The smallest absolute Gasteiger partial charge is 0.316 e. The summed E-state index contributed by atoms with van der Waals surface area (Å²) < 4.78 is 6.28. The van der Waals surface area contributed by atoms with Crippen LogP contribution in [0.5, 0.6) is 5.75 Å². The topological polar surface area (TPSA) is 46.6 Å². The van der Waals surface area contributed by atoms with Crippen molar-refractivity contribution in [1.82, 2.24) is 4.90 Å². The van der Waals surface area contributed by atoms with E-state index in [9.17, 15) is 9.59 Å². The first-order valence-corrected chi connectivity index (χ1v) is 8.20. The fourth-order valence-corrected chi connectivity index (χ4v) is 2.85. The molecule has 23 heavy (non-hydrogen) atoms. The predicted octanol–water partition coefficient (Wildman–Crippen LogP) is 3.40. The summed E-state index contributed by atoms with van der Waals surface area (Å²) in [4.78, 5) is 26.0. The van der Waals surface area contributed by atoms with E-state index in [4.69, 9.17) is 4.74 Å². The molecule has 1 aliphatic rings. The third-order valence-corrected chi connectivity index (χ3v) is 4.32. The molecular formula is C18H16BrNO3. The van der Waals surface area contributed by atoms with Gasteiger partial charge >= 0.3 is 5.97 Å². The Hall–Kier alpha value is -2.14. The Morgan fingerprint density at radius 2 is 1.83 bits per heavy atom. The van der Waals surface area contributed by atoms with Gasteiger partial charge in [-0.05, 0) is 29.8 Å². The summed E-state index contributed by atoms with van der Waals surface area (Å²) in [5, 5.41) is 0. The number of nitrogens with zero attached hydrogens (tertiary/aromatic N) is 1. The van der Waals surface area contributed by atoms with Crippen LogP contribution in [-0.4, -0.2) is 23.3 Å². The molecule has 0 spiro atoms. The van der Waals surface area contributed by atoms with Gasteiger partial charge in [0, 0.05) is 24.0 Å². The average molecular weight is 374 g/mol. The zero-order valence-corrected chi connectivity index (χ0v) is 14.0. The van der Waals surface area contributed by atoms with Gasteiger partial charge in [0.25, 0.3) is 0 Å². The van der Waals surface area contributed by atoms with Crippen LogP contribution in [0, 0.1) is 5.92 Å². The summed E-state index contributed by atoms with van der Waals surface area (Å²) in [5.74, 6) is -0.273. The number of halogens is 1. The van der Waals surface area contributed by atoms with Gasteiger partial charge in [0.1, 0.15) is 5.75 Å². The molecule has 2 aromatic rings. The van der Waals surface area contributed by atoms with Crippen molar-refractivity contribution in [2.24, 2.45) is 5.92 Å². The highest BCUT2D eigenvalue weighted by molar-refractivity contribution is 9.10. The number of carbonyl (C=O) groups is 2. The van der Waals surface area contributed by atoms with Gasteiger partial charge in [-0.1, -0.05) is 46.3 Å². The summed E-state index contributed by atoms with van der Waals surface area (Å²) in [6.07, 6.45) is 0.211. The van der Waals surface area contributed by atoms with Crippen molar-refractivity contribution in [2.45, 2.75) is 13.0 Å². The lowest BCUT2D eigenvalue weighted by molar-refractivity contribution is -0.139. The highest BCUT2D eigenvalue weighted by atomic mass is 79.9. The first-order chi connectivity index (χ1) is 11.1. The van der Waals surface area contributed by atoms with Crippen LogP contribution in [0.3, 0.4) is 0 Å². The van der Waals surface area contributed by atoms with Gasteiger partial charge in [0.2, 0.25) is 5.91 Å². The SMILES string of the molecule is O=C(Oc1ccc(Br)cc1)[C@H]1CC(=O)N(Cc2ccccc2)C1. The Labute approximate surface area is 143 Å². The van der Waals surface area contributed by atoms with Gasteiger partial charge in [-0.3, -0.25) is 9.59 Å². The highest BCUT2D eigenvalue weighted by Crippen LogP contribution is 2.23. The maximum Gasteiger partial charge on any atom is 0.316 e. The first-order valence-electron chi connectivity index (χ1n) is 7.41. The summed E-state index contributed by atoms with van der Waals surface area (Å²) in [6, 6.07) is 16.8. The number of carbonyl (C=O) groups excluding carboxylic acids is 2. The van der Waals surface area contributed by atoms with Crippen molar-refractivity contribution in [3.05, 3.63) is 64.6 Å². The van der Waals surface area contributed by atoms with Gasteiger partial charge in [-0.15, -0.1) is 0 Å². The summed E-state index contributed by atoms with van der Waals surface area (Å²) >= 11 is 3.33. The zero-order valence-electron chi connectivity index (χ0n) is 12.4. The second-order valence-electron chi connectivity index (χ2n) is 5.54. The molecule has 0 saturated carbocycles. The summed E-state index contributed by atoms with van der Waals surface area (Å²) in [5.41, 5.74) is 1.06. The van der Waals surface area contributed by atoms with Crippen LogP contribution in [0.15, 0.2) is 59.1 Å². The third-order valence-electron chi connectivity index (χ3n) is 3.80. The minimum atomic E-state index is -0.408. The fourth-order valence-electron chi connectivity index (χ4n) is 2.59. The van der Waals surface area contributed by atoms with Crippen LogP contribution in [0.25, 0.3) is 0 Å². The zero-order chi connectivity index (χ0) is 16.2. The number of hydrogen-bond acceptors (Lipinski definition) is 3. The number of benzene rings is 2. The standard InChI is InChI=1S/C18H16BrNO3/c19-15-6-8-16(9-7-15)23-18(22)14-10-17(21)20(12-14)11-13-4-2-1-3-5-13/h1-9,14H,10-12H2/t14-/m0/s1. The molecule has 118 valence electrons. The van der Waals surface area contributed by atoms with Crippen molar-refractivity contribution in [3.8, 4) is 5.75 Å². The summed E-state index contributed by atoms with van der Waals surface area (Å²) in [6.45, 7) is 0.935. The minimum Gasteiger partial charge on any atom is -0.426 e. The number of hydrogen-bond donors (Lipinski definition) is 0. The van der Waals surface area contributed by atoms with Crippen LogP contribution >= 0.6 is 15.9 Å². The summed E-state index contributed by atoms with van der Waals surface area (Å²) in [7, 11) is 0. The molecule has 0 aliphatic carbocycles. The molecule has 0 N–H and O–H groups in total. The molecule has 5 heteroatoms. The molecule has 2 aromatic carbocycles. The molecule has 0 bridgehead atoms. The van der Waals surface area contributed by atoms with Crippen molar-refractivity contribution in [1.29, 1.82) is 0 Å². The number of amides is 1. The lowest BCUT2D eigenvalue weighted by atomic mass is 10.1. The molecule has 1 heterocycles. The van der Waals surface area contributed by atoms with E-state index >= 15 is 0 Å². The average Bonchev–Trinajstić information content (AvgIpc) is 2.92. The molecule has 4 nitrogen and oxygen atoms in total. The van der Waals surface area contributed by atoms with Crippen LogP contribution in [0.2, 0.25) is 0 Å². The Morgan fingerprint density at radius 1 is 1.13 bits per heavy atom. The Bertz CT molecular complexity index is 700.